The monoisotopic (exact) mass is 507 g/mol. The lowest BCUT2D eigenvalue weighted by Crippen LogP contribution is -2.45. The summed E-state index contributed by atoms with van der Waals surface area (Å²) in [7, 11) is 0. The van der Waals surface area contributed by atoms with E-state index in [1.165, 1.54) is 34.9 Å². The second-order valence-corrected chi connectivity index (χ2v) is 9.23. The molecule has 1 heterocycles. The molecule has 0 aliphatic rings. The number of carboxylic acids is 1. The summed E-state index contributed by atoms with van der Waals surface area (Å²) in [5, 5.41) is 19.4. The summed E-state index contributed by atoms with van der Waals surface area (Å²) >= 11 is 10.5. The van der Waals surface area contributed by atoms with E-state index in [-0.39, 0.29) is 23.2 Å². The van der Waals surface area contributed by atoms with Crippen LogP contribution in [0.25, 0.3) is 10.9 Å². The molecule has 7 nitrogen and oxygen atoms in total. The second kappa shape index (κ2) is 9.56. The SMILES string of the molecule is Cc1cc(C)c(C(=N)Cn2c(=O)n([C@@H](C(=O)O)c3ccc(Cl)cc3)c(=O)c3ccccc32)c(S)c1. The van der Waals surface area contributed by atoms with E-state index in [4.69, 9.17) is 17.0 Å². The number of para-hydroxylation sites is 1. The molecule has 0 radical (unpaired) electrons. The summed E-state index contributed by atoms with van der Waals surface area (Å²) in [5.74, 6) is -1.37. The molecule has 0 unspecified atom stereocenters. The maximum atomic E-state index is 13.7. The molecule has 0 aliphatic carbocycles. The van der Waals surface area contributed by atoms with Gasteiger partial charge >= 0.3 is 11.7 Å². The maximum Gasteiger partial charge on any atom is 0.332 e. The second-order valence-electron chi connectivity index (χ2n) is 8.31. The first-order valence-electron chi connectivity index (χ1n) is 10.7. The molecule has 4 aromatic rings. The van der Waals surface area contributed by atoms with Crippen molar-refractivity contribution in [1.82, 2.24) is 9.13 Å². The molecule has 0 amide bonds. The first-order valence-corrected chi connectivity index (χ1v) is 11.5. The number of benzene rings is 3. The van der Waals surface area contributed by atoms with Crippen molar-refractivity contribution in [1.29, 1.82) is 5.41 Å². The standard InChI is InChI=1S/C26H22ClN3O4S/c1-14-11-15(2)22(21(35)12-14)19(28)13-29-20-6-4-3-5-18(20)24(31)30(26(29)34)23(25(32)33)16-7-9-17(27)10-8-16/h3-12,23,28,35H,13H2,1-2H3,(H,32,33)/t23-/m1/s1. The number of carboxylic acid groups (broad SMARTS) is 1. The van der Waals surface area contributed by atoms with Gasteiger partial charge in [-0.2, -0.15) is 0 Å². The van der Waals surface area contributed by atoms with Gasteiger partial charge in [0.05, 0.1) is 23.2 Å². The zero-order chi connectivity index (χ0) is 25.4. The Morgan fingerprint density at radius 2 is 1.74 bits per heavy atom. The summed E-state index contributed by atoms with van der Waals surface area (Å²) in [6, 6.07) is 14.6. The fourth-order valence-corrected chi connectivity index (χ4v) is 4.98. The van der Waals surface area contributed by atoms with E-state index in [1.54, 1.807) is 18.2 Å². The number of aromatic nitrogens is 2. The Hall–Kier alpha value is -3.62. The quantitative estimate of drug-likeness (QED) is 0.264. The summed E-state index contributed by atoms with van der Waals surface area (Å²) in [6.07, 6.45) is 0. The van der Waals surface area contributed by atoms with E-state index >= 15 is 0 Å². The molecule has 1 aromatic heterocycles. The lowest BCUT2D eigenvalue weighted by Gasteiger charge is -2.20. The number of aliphatic carboxylic acids is 1. The van der Waals surface area contributed by atoms with Crippen molar-refractivity contribution in [3.05, 3.63) is 109 Å². The van der Waals surface area contributed by atoms with Gasteiger partial charge < -0.3 is 10.5 Å². The highest BCUT2D eigenvalue weighted by Crippen LogP contribution is 2.23. The number of hydrogen-bond donors (Lipinski definition) is 3. The molecular weight excluding hydrogens is 486 g/mol. The molecule has 35 heavy (non-hydrogen) atoms. The van der Waals surface area contributed by atoms with Gasteiger partial charge in [0.1, 0.15) is 0 Å². The topological polar surface area (TPSA) is 105 Å². The number of carbonyl (C=O) groups is 1. The van der Waals surface area contributed by atoms with Crippen molar-refractivity contribution in [2.45, 2.75) is 31.3 Å². The highest BCUT2D eigenvalue weighted by molar-refractivity contribution is 7.80. The van der Waals surface area contributed by atoms with Crippen LogP contribution < -0.4 is 11.2 Å². The summed E-state index contributed by atoms with van der Waals surface area (Å²) in [4.78, 5) is 40.0. The Kier molecular flexibility index (Phi) is 6.69. The number of aryl methyl sites for hydroxylation is 2. The first-order chi connectivity index (χ1) is 16.6. The Labute approximate surface area is 211 Å². The smallest absolute Gasteiger partial charge is 0.332 e. The molecule has 0 saturated heterocycles. The van der Waals surface area contributed by atoms with Crippen LogP contribution in [-0.4, -0.2) is 25.9 Å². The Bertz CT molecular complexity index is 1580. The van der Waals surface area contributed by atoms with E-state index < -0.39 is 23.3 Å². The van der Waals surface area contributed by atoms with Gasteiger partial charge in [0, 0.05) is 15.5 Å². The van der Waals surface area contributed by atoms with E-state index in [1.807, 2.05) is 26.0 Å². The van der Waals surface area contributed by atoms with E-state index in [2.05, 4.69) is 12.6 Å². The Morgan fingerprint density at radius 1 is 1.09 bits per heavy atom. The predicted octanol–water partition coefficient (Wildman–Crippen LogP) is 4.46. The normalized spacial score (nSPS) is 12.0. The van der Waals surface area contributed by atoms with E-state index in [0.717, 1.165) is 15.7 Å². The number of thiol groups is 1. The van der Waals surface area contributed by atoms with Crippen LogP contribution in [0.15, 0.2) is 75.1 Å². The zero-order valence-corrected chi connectivity index (χ0v) is 20.6. The van der Waals surface area contributed by atoms with Crippen LogP contribution in [0, 0.1) is 19.3 Å². The molecule has 3 aromatic carbocycles. The molecular formula is C26H22ClN3O4S. The van der Waals surface area contributed by atoms with E-state index in [9.17, 15) is 19.5 Å². The molecule has 9 heteroatoms. The van der Waals surface area contributed by atoms with Gasteiger partial charge in [-0.3, -0.25) is 9.36 Å². The van der Waals surface area contributed by atoms with Crippen LogP contribution in [0.5, 0.6) is 0 Å². The summed E-state index contributed by atoms with van der Waals surface area (Å²) in [5.41, 5.74) is 1.51. The van der Waals surface area contributed by atoms with Crippen molar-refractivity contribution in [2.75, 3.05) is 0 Å². The largest absolute Gasteiger partial charge is 0.479 e. The van der Waals surface area contributed by atoms with Gasteiger partial charge in [-0.15, -0.1) is 12.6 Å². The van der Waals surface area contributed by atoms with Crippen LogP contribution in [0.4, 0.5) is 0 Å². The van der Waals surface area contributed by atoms with Crippen molar-refractivity contribution >= 4 is 46.8 Å². The molecule has 0 fully saturated rings. The minimum Gasteiger partial charge on any atom is -0.479 e. The third kappa shape index (κ3) is 4.54. The fourth-order valence-electron chi connectivity index (χ4n) is 4.34. The molecule has 2 N–H and O–H groups in total. The molecule has 178 valence electrons. The highest BCUT2D eigenvalue weighted by Gasteiger charge is 2.28. The Morgan fingerprint density at radius 3 is 2.37 bits per heavy atom. The van der Waals surface area contributed by atoms with Gasteiger partial charge in [0.25, 0.3) is 5.56 Å². The zero-order valence-electron chi connectivity index (χ0n) is 18.9. The molecule has 1 atom stereocenters. The number of rotatable bonds is 6. The average Bonchev–Trinajstić information content (AvgIpc) is 2.79. The lowest BCUT2D eigenvalue weighted by molar-refractivity contribution is -0.139. The highest BCUT2D eigenvalue weighted by atomic mass is 35.5. The molecule has 4 rings (SSSR count). The predicted molar refractivity (Wildman–Crippen MR) is 140 cm³/mol. The van der Waals surface area contributed by atoms with Crippen molar-refractivity contribution in [3.8, 4) is 0 Å². The summed E-state index contributed by atoms with van der Waals surface area (Å²) < 4.78 is 1.99. The molecule has 0 spiro atoms. The van der Waals surface area contributed by atoms with Gasteiger partial charge in [0.2, 0.25) is 0 Å². The van der Waals surface area contributed by atoms with Gasteiger partial charge in [0.15, 0.2) is 6.04 Å². The van der Waals surface area contributed by atoms with Gasteiger partial charge in [-0.05, 0) is 60.9 Å². The van der Waals surface area contributed by atoms with Crippen molar-refractivity contribution in [3.63, 3.8) is 0 Å². The number of halogens is 1. The van der Waals surface area contributed by atoms with Gasteiger partial charge in [-0.25, -0.2) is 14.2 Å². The average molecular weight is 508 g/mol. The van der Waals surface area contributed by atoms with Crippen LogP contribution in [0.1, 0.15) is 28.3 Å². The van der Waals surface area contributed by atoms with Gasteiger partial charge in [-0.1, -0.05) is 41.9 Å². The number of nitrogens with one attached hydrogen (secondary N) is 1. The van der Waals surface area contributed by atoms with Crippen molar-refractivity contribution < 1.29 is 9.90 Å². The minimum atomic E-state index is -1.57. The Balaban J connectivity index is 1.97. The van der Waals surface area contributed by atoms with Crippen LogP contribution in [0.3, 0.4) is 0 Å². The third-order valence-electron chi connectivity index (χ3n) is 5.84. The first kappa shape index (κ1) is 24.5. The van der Waals surface area contributed by atoms with Crippen molar-refractivity contribution in [2.24, 2.45) is 0 Å². The van der Waals surface area contributed by atoms with E-state index in [0.29, 0.717) is 21.0 Å². The number of hydrogen-bond acceptors (Lipinski definition) is 5. The molecule has 0 aliphatic heterocycles. The molecule has 0 bridgehead atoms. The number of fused-ring (bicyclic) bond motifs is 1. The summed E-state index contributed by atoms with van der Waals surface area (Å²) in [6.45, 7) is 3.61. The van der Waals surface area contributed by atoms with Crippen LogP contribution in [0.2, 0.25) is 5.02 Å². The maximum absolute atomic E-state index is 13.7. The lowest BCUT2D eigenvalue weighted by atomic mass is 10.0. The number of nitrogens with zero attached hydrogens (tertiary/aromatic N) is 2. The van der Waals surface area contributed by atoms with Crippen LogP contribution in [-0.2, 0) is 11.3 Å². The fraction of sp³-hybridized carbons (Fsp3) is 0.154. The van der Waals surface area contributed by atoms with Crippen LogP contribution >= 0.6 is 24.2 Å². The minimum absolute atomic E-state index is 0.114. The third-order valence-corrected chi connectivity index (χ3v) is 6.44. The molecule has 0 saturated carbocycles.